The number of pyridine rings is 1. The topological polar surface area (TPSA) is 58.1 Å². The van der Waals surface area contributed by atoms with Gasteiger partial charge in [0, 0.05) is 19.3 Å². The Morgan fingerprint density at radius 3 is 2.70 bits per heavy atom. The molecule has 1 amide bonds. The Morgan fingerprint density at radius 1 is 1.30 bits per heavy atom. The minimum absolute atomic E-state index is 0.141. The first-order valence-electron chi connectivity index (χ1n) is 6.66. The lowest BCUT2D eigenvalue weighted by Crippen LogP contribution is -2.19. The van der Waals surface area contributed by atoms with Gasteiger partial charge in [-0.15, -0.1) is 11.3 Å². The molecule has 1 aliphatic rings. The maximum absolute atomic E-state index is 12.1. The van der Waals surface area contributed by atoms with Gasteiger partial charge in [0.2, 0.25) is 0 Å². The van der Waals surface area contributed by atoms with Gasteiger partial charge in [0.25, 0.3) is 5.91 Å². The highest BCUT2D eigenvalue weighted by atomic mass is 32.1. The third-order valence-corrected chi connectivity index (χ3v) is 4.26. The predicted octanol–water partition coefficient (Wildman–Crippen LogP) is 2.70. The molecule has 3 rings (SSSR count). The van der Waals surface area contributed by atoms with Gasteiger partial charge in [0.05, 0.1) is 16.8 Å². The summed E-state index contributed by atoms with van der Waals surface area (Å²) in [5, 5.41) is 3.65. The standard InChI is InChI=1S/C14H16N4OS/c1-10-14(20-9-16-10)17-13(19)11-4-5-12(15-8-11)18-6-2-3-7-18/h4-5,8-9H,2-3,6-7H2,1H3,(H,17,19). The zero-order valence-corrected chi connectivity index (χ0v) is 12.1. The molecule has 0 bridgehead atoms. The van der Waals surface area contributed by atoms with E-state index >= 15 is 0 Å². The molecule has 0 atom stereocenters. The molecule has 0 aliphatic carbocycles. The molecule has 1 N–H and O–H groups in total. The lowest BCUT2D eigenvalue weighted by Gasteiger charge is -2.16. The summed E-state index contributed by atoms with van der Waals surface area (Å²) in [5.74, 6) is 0.811. The molecule has 0 radical (unpaired) electrons. The molecular weight excluding hydrogens is 272 g/mol. The number of anilines is 2. The second-order valence-electron chi connectivity index (χ2n) is 4.82. The predicted molar refractivity (Wildman–Crippen MR) is 80.5 cm³/mol. The highest BCUT2D eigenvalue weighted by Crippen LogP contribution is 2.21. The number of hydrogen-bond donors (Lipinski definition) is 1. The Kier molecular flexibility index (Phi) is 3.64. The van der Waals surface area contributed by atoms with Crippen molar-refractivity contribution in [3.05, 3.63) is 35.1 Å². The zero-order chi connectivity index (χ0) is 13.9. The average Bonchev–Trinajstić information content (AvgIpc) is 3.12. The van der Waals surface area contributed by atoms with E-state index in [1.165, 1.54) is 24.2 Å². The molecule has 0 saturated carbocycles. The van der Waals surface area contributed by atoms with Crippen LogP contribution in [-0.4, -0.2) is 29.0 Å². The van der Waals surface area contributed by atoms with Crippen molar-refractivity contribution in [1.29, 1.82) is 0 Å². The molecule has 0 aromatic carbocycles. The lowest BCUT2D eigenvalue weighted by atomic mass is 10.2. The normalized spacial score (nSPS) is 14.6. The van der Waals surface area contributed by atoms with E-state index in [4.69, 9.17) is 0 Å². The van der Waals surface area contributed by atoms with Gasteiger partial charge in [0.1, 0.15) is 10.8 Å². The number of nitrogens with one attached hydrogen (secondary N) is 1. The summed E-state index contributed by atoms with van der Waals surface area (Å²) >= 11 is 1.42. The van der Waals surface area contributed by atoms with Gasteiger partial charge in [-0.05, 0) is 31.9 Å². The number of aryl methyl sites for hydroxylation is 1. The molecular formula is C14H16N4OS. The highest BCUT2D eigenvalue weighted by molar-refractivity contribution is 7.14. The monoisotopic (exact) mass is 288 g/mol. The smallest absolute Gasteiger partial charge is 0.257 e. The van der Waals surface area contributed by atoms with Crippen molar-refractivity contribution < 1.29 is 4.79 Å². The summed E-state index contributed by atoms with van der Waals surface area (Å²) in [7, 11) is 0. The number of amides is 1. The molecule has 2 aromatic heterocycles. The van der Waals surface area contributed by atoms with Crippen LogP contribution in [0, 0.1) is 6.92 Å². The molecule has 1 aliphatic heterocycles. The Hall–Kier alpha value is -1.95. The molecule has 0 unspecified atom stereocenters. The maximum Gasteiger partial charge on any atom is 0.257 e. The molecule has 6 heteroatoms. The van der Waals surface area contributed by atoms with Crippen LogP contribution in [0.2, 0.25) is 0 Å². The van der Waals surface area contributed by atoms with Crippen LogP contribution in [0.5, 0.6) is 0 Å². The van der Waals surface area contributed by atoms with Crippen LogP contribution in [0.25, 0.3) is 0 Å². The summed E-state index contributed by atoms with van der Waals surface area (Å²) in [4.78, 5) is 22.9. The van der Waals surface area contributed by atoms with Crippen molar-refractivity contribution in [2.75, 3.05) is 23.3 Å². The molecule has 20 heavy (non-hydrogen) atoms. The fourth-order valence-corrected chi connectivity index (χ4v) is 2.94. The van der Waals surface area contributed by atoms with Gasteiger partial charge in [-0.2, -0.15) is 0 Å². The number of hydrogen-bond acceptors (Lipinski definition) is 5. The lowest BCUT2D eigenvalue weighted by molar-refractivity contribution is 0.102. The van der Waals surface area contributed by atoms with Crippen molar-refractivity contribution in [1.82, 2.24) is 9.97 Å². The highest BCUT2D eigenvalue weighted by Gasteiger charge is 2.14. The maximum atomic E-state index is 12.1. The zero-order valence-electron chi connectivity index (χ0n) is 11.3. The van der Waals surface area contributed by atoms with E-state index in [9.17, 15) is 4.79 Å². The Labute approximate surface area is 121 Å². The minimum Gasteiger partial charge on any atom is -0.357 e. The summed E-state index contributed by atoms with van der Waals surface area (Å²) < 4.78 is 0. The molecule has 2 aromatic rings. The third kappa shape index (κ3) is 2.65. The fourth-order valence-electron chi connectivity index (χ4n) is 2.25. The number of carbonyl (C=O) groups excluding carboxylic acids is 1. The summed E-state index contributed by atoms with van der Waals surface area (Å²) in [6.45, 7) is 3.98. The van der Waals surface area contributed by atoms with E-state index in [1.807, 2.05) is 19.1 Å². The van der Waals surface area contributed by atoms with E-state index in [0.29, 0.717) is 5.56 Å². The second-order valence-corrected chi connectivity index (χ2v) is 5.68. The third-order valence-electron chi connectivity index (χ3n) is 3.41. The summed E-state index contributed by atoms with van der Waals surface area (Å²) in [5.41, 5.74) is 3.13. The molecule has 104 valence electrons. The van der Waals surface area contributed by atoms with Crippen molar-refractivity contribution in [2.24, 2.45) is 0 Å². The second kappa shape index (κ2) is 5.58. The SMILES string of the molecule is Cc1ncsc1NC(=O)c1ccc(N2CCCC2)nc1. The Morgan fingerprint density at radius 2 is 2.10 bits per heavy atom. The van der Waals surface area contributed by atoms with E-state index in [-0.39, 0.29) is 5.91 Å². The van der Waals surface area contributed by atoms with Crippen molar-refractivity contribution in [3.8, 4) is 0 Å². The average molecular weight is 288 g/mol. The van der Waals surface area contributed by atoms with E-state index in [2.05, 4.69) is 20.2 Å². The van der Waals surface area contributed by atoms with Crippen LogP contribution >= 0.6 is 11.3 Å². The molecule has 5 nitrogen and oxygen atoms in total. The number of carbonyl (C=O) groups is 1. The Balaban J connectivity index is 1.70. The van der Waals surface area contributed by atoms with Crippen LogP contribution in [0.15, 0.2) is 23.8 Å². The van der Waals surface area contributed by atoms with Crippen molar-refractivity contribution >= 4 is 28.1 Å². The van der Waals surface area contributed by atoms with Gasteiger partial charge >= 0.3 is 0 Å². The number of thiazole rings is 1. The summed E-state index contributed by atoms with van der Waals surface area (Å²) in [6, 6.07) is 3.74. The van der Waals surface area contributed by atoms with E-state index in [1.54, 1.807) is 11.7 Å². The molecule has 1 fully saturated rings. The van der Waals surface area contributed by atoms with Gasteiger partial charge in [-0.3, -0.25) is 4.79 Å². The Bertz CT molecular complexity index is 602. The fraction of sp³-hybridized carbons (Fsp3) is 0.357. The quantitative estimate of drug-likeness (QED) is 0.943. The molecule has 3 heterocycles. The van der Waals surface area contributed by atoms with Crippen LogP contribution in [-0.2, 0) is 0 Å². The number of nitrogens with zero attached hydrogens (tertiary/aromatic N) is 3. The number of aromatic nitrogens is 2. The van der Waals surface area contributed by atoms with E-state index < -0.39 is 0 Å². The van der Waals surface area contributed by atoms with E-state index in [0.717, 1.165) is 29.6 Å². The van der Waals surface area contributed by atoms with Gasteiger partial charge in [-0.1, -0.05) is 0 Å². The molecule has 0 spiro atoms. The minimum atomic E-state index is -0.141. The first-order valence-corrected chi connectivity index (χ1v) is 7.54. The van der Waals surface area contributed by atoms with Crippen LogP contribution in [0.4, 0.5) is 10.8 Å². The van der Waals surface area contributed by atoms with Gasteiger partial charge in [0.15, 0.2) is 0 Å². The van der Waals surface area contributed by atoms with Gasteiger partial charge < -0.3 is 10.2 Å². The first-order chi connectivity index (χ1) is 9.74. The molecule has 1 saturated heterocycles. The van der Waals surface area contributed by atoms with Crippen molar-refractivity contribution in [2.45, 2.75) is 19.8 Å². The van der Waals surface area contributed by atoms with Crippen molar-refractivity contribution in [3.63, 3.8) is 0 Å². The van der Waals surface area contributed by atoms with Gasteiger partial charge in [-0.25, -0.2) is 9.97 Å². The van der Waals surface area contributed by atoms with Crippen LogP contribution in [0.3, 0.4) is 0 Å². The summed E-state index contributed by atoms with van der Waals surface area (Å²) in [6.07, 6.45) is 4.07. The first kappa shape index (κ1) is 13.1. The van der Waals surface area contributed by atoms with Crippen LogP contribution < -0.4 is 10.2 Å². The number of rotatable bonds is 3. The largest absolute Gasteiger partial charge is 0.357 e. The van der Waals surface area contributed by atoms with Crippen LogP contribution in [0.1, 0.15) is 28.9 Å².